The van der Waals surface area contributed by atoms with Gasteiger partial charge in [-0.25, -0.2) is 4.79 Å². The highest BCUT2D eigenvalue weighted by Crippen LogP contribution is 2.23. The lowest BCUT2D eigenvalue weighted by Gasteiger charge is -2.32. The van der Waals surface area contributed by atoms with Gasteiger partial charge in [0.05, 0.1) is 0 Å². The van der Waals surface area contributed by atoms with E-state index in [1.807, 2.05) is 45.9 Å². The van der Waals surface area contributed by atoms with Gasteiger partial charge in [-0.2, -0.15) is 0 Å². The minimum atomic E-state index is -0.496. The molecule has 1 N–H and O–H groups in total. The van der Waals surface area contributed by atoms with E-state index < -0.39 is 5.60 Å². The summed E-state index contributed by atoms with van der Waals surface area (Å²) >= 11 is 3.44. The number of amides is 2. The fraction of sp³-hybridized carbons (Fsp3) is 0.556. The summed E-state index contributed by atoms with van der Waals surface area (Å²) in [4.78, 5) is 26.2. The molecule has 1 aromatic carbocycles. The molecular formula is C18H25BrN2O3. The summed E-state index contributed by atoms with van der Waals surface area (Å²) in [6.07, 6.45) is 1.000. The lowest BCUT2D eigenvalue weighted by molar-refractivity contribution is -0.121. The van der Waals surface area contributed by atoms with E-state index in [0.29, 0.717) is 25.9 Å². The molecule has 1 aliphatic heterocycles. The molecule has 0 aliphatic carbocycles. The minimum absolute atomic E-state index is 0.0105. The quantitative estimate of drug-likeness (QED) is 0.808. The highest BCUT2D eigenvalue weighted by Gasteiger charge is 2.29. The summed E-state index contributed by atoms with van der Waals surface area (Å²) in [5, 5.41) is 2.97. The van der Waals surface area contributed by atoms with Crippen LogP contribution in [-0.2, 0) is 9.53 Å². The zero-order valence-corrected chi connectivity index (χ0v) is 16.3. The third-order valence-corrected chi connectivity index (χ3v) is 4.28. The third-order valence-electron chi connectivity index (χ3n) is 3.83. The van der Waals surface area contributed by atoms with Crippen molar-refractivity contribution in [3.05, 3.63) is 28.2 Å². The Bertz CT molecular complexity index is 597. The Morgan fingerprint density at radius 2 is 1.83 bits per heavy atom. The molecule has 0 spiro atoms. The first-order chi connectivity index (χ1) is 11.1. The molecule has 2 amide bonds. The van der Waals surface area contributed by atoms with Crippen LogP contribution < -0.4 is 5.32 Å². The van der Waals surface area contributed by atoms with E-state index >= 15 is 0 Å². The van der Waals surface area contributed by atoms with Crippen LogP contribution in [-0.4, -0.2) is 35.6 Å². The van der Waals surface area contributed by atoms with Crippen molar-refractivity contribution in [3.8, 4) is 0 Å². The van der Waals surface area contributed by atoms with Gasteiger partial charge in [0, 0.05) is 29.2 Å². The molecule has 0 radical (unpaired) electrons. The molecule has 0 bridgehead atoms. The lowest BCUT2D eigenvalue weighted by Crippen LogP contribution is -2.43. The van der Waals surface area contributed by atoms with Gasteiger partial charge in [-0.3, -0.25) is 4.79 Å². The van der Waals surface area contributed by atoms with Crippen molar-refractivity contribution >= 4 is 33.6 Å². The van der Waals surface area contributed by atoms with Gasteiger partial charge >= 0.3 is 6.09 Å². The van der Waals surface area contributed by atoms with Crippen molar-refractivity contribution in [3.63, 3.8) is 0 Å². The van der Waals surface area contributed by atoms with Gasteiger partial charge in [0.2, 0.25) is 5.91 Å². The number of likely N-dealkylation sites (tertiary alicyclic amines) is 1. The number of hydrogen-bond donors (Lipinski definition) is 1. The van der Waals surface area contributed by atoms with E-state index in [1.54, 1.807) is 4.90 Å². The number of nitrogens with one attached hydrogen (secondary N) is 1. The molecule has 0 aromatic heterocycles. The van der Waals surface area contributed by atoms with E-state index in [4.69, 9.17) is 4.74 Å². The predicted octanol–water partition coefficient (Wildman–Crippen LogP) is 4.34. The molecule has 0 saturated carbocycles. The summed E-state index contributed by atoms with van der Waals surface area (Å²) in [6, 6.07) is 5.83. The van der Waals surface area contributed by atoms with Crippen molar-refractivity contribution in [2.75, 3.05) is 18.4 Å². The van der Waals surface area contributed by atoms with Gasteiger partial charge in [-0.05, 0) is 64.3 Å². The number of halogens is 1. The van der Waals surface area contributed by atoms with E-state index in [-0.39, 0.29) is 17.9 Å². The highest BCUT2D eigenvalue weighted by atomic mass is 79.9. The summed E-state index contributed by atoms with van der Waals surface area (Å²) in [7, 11) is 0. The van der Waals surface area contributed by atoms with Crippen LogP contribution >= 0.6 is 15.9 Å². The van der Waals surface area contributed by atoms with E-state index in [1.165, 1.54) is 0 Å². The number of carbonyl (C=O) groups is 2. The number of aryl methyl sites for hydroxylation is 1. The number of hydrogen-bond acceptors (Lipinski definition) is 3. The monoisotopic (exact) mass is 396 g/mol. The average Bonchev–Trinajstić information content (AvgIpc) is 2.44. The largest absolute Gasteiger partial charge is 0.444 e. The molecule has 1 aliphatic rings. The zero-order valence-electron chi connectivity index (χ0n) is 14.7. The van der Waals surface area contributed by atoms with Crippen molar-refractivity contribution in [2.45, 2.75) is 46.1 Å². The fourth-order valence-corrected chi connectivity index (χ4v) is 3.31. The summed E-state index contributed by atoms with van der Waals surface area (Å²) < 4.78 is 6.32. The normalized spacial score (nSPS) is 16.0. The van der Waals surface area contributed by atoms with Crippen molar-refractivity contribution < 1.29 is 14.3 Å². The maximum atomic E-state index is 12.4. The molecule has 132 valence electrons. The summed E-state index contributed by atoms with van der Waals surface area (Å²) in [6.45, 7) is 8.63. The van der Waals surface area contributed by atoms with Gasteiger partial charge < -0.3 is 15.0 Å². The molecule has 2 rings (SSSR count). The number of nitrogens with zero attached hydrogens (tertiary/aromatic N) is 1. The van der Waals surface area contributed by atoms with Gasteiger partial charge in [0.1, 0.15) is 5.60 Å². The summed E-state index contributed by atoms with van der Waals surface area (Å²) in [5.41, 5.74) is 1.38. The maximum Gasteiger partial charge on any atom is 0.410 e. The molecule has 6 heteroatoms. The fourth-order valence-electron chi connectivity index (χ4n) is 2.70. The maximum absolute atomic E-state index is 12.4. The Balaban J connectivity index is 1.87. The van der Waals surface area contributed by atoms with Gasteiger partial charge in [-0.15, -0.1) is 0 Å². The third kappa shape index (κ3) is 5.51. The number of ether oxygens (including phenoxy) is 1. The van der Waals surface area contributed by atoms with Crippen LogP contribution in [0.25, 0.3) is 0 Å². The van der Waals surface area contributed by atoms with Crippen molar-refractivity contribution in [2.24, 2.45) is 5.92 Å². The first-order valence-corrected chi connectivity index (χ1v) is 8.99. The Kier molecular flexibility index (Phi) is 5.91. The van der Waals surface area contributed by atoms with Crippen LogP contribution in [0.1, 0.15) is 39.2 Å². The van der Waals surface area contributed by atoms with Crippen LogP contribution in [0.2, 0.25) is 0 Å². The second kappa shape index (κ2) is 7.55. The number of carbonyl (C=O) groups excluding carboxylic acids is 2. The Hall–Kier alpha value is -1.56. The van der Waals surface area contributed by atoms with E-state index in [9.17, 15) is 9.59 Å². The van der Waals surface area contributed by atoms with Crippen molar-refractivity contribution in [1.82, 2.24) is 4.90 Å². The zero-order chi connectivity index (χ0) is 17.9. The second-order valence-corrected chi connectivity index (χ2v) is 8.16. The standard InChI is InChI=1S/C18H25BrN2O3/c1-12-9-14(19)11-15(10-12)20-16(22)13-5-7-21(8-6-13)17(23)24-18(2,3)4/h9-11,13H,5-8H2,1-4H3,(H,20,22). The first-order valence-electron chi connectivity index (χ1n) is 8.20. The second-order valence-electron chi connectivity index (χ2n) is 7.25. The van der Waals surface area contributed by atoms with Gasteiger partial charge in [0.15, 0.2) is 0 Å². The van der Waals surface area contributed by atoms with Crippen LogP contribution in [0.5, 0.6) is 0 Å². The summed E-state index contributed by atoms with van der Waals surface area (Å²) in [5.74, 6) is -0.0701. The van der Waals surface area contributed by atoms with Crippen molar-refractivity contribution in [1.29, 1.82) is 0 Å². The number of anilines is 1. The number of piperidine rings is 1. The molecule has 1 saturated heterocycles. The lowest BCUT2D eigenvalue weighted by atomic mass is 9.96. The Labute approximate surface area is 151 Å². The van der Waals surface area contributed by atoms with Gasteiger partial charge in [-0.1, -0.05) is 15.9 Å². The van der Waals surface area contributed by atoms with Gasteiger partial charge in [0.25, 0.3) is 0 Å². The smallest absolute Gasteiger partial charge is 0.410 e. The average molecular weight is 397 g/mol. The molecule has 5 nitrogen and oxygen atoms in total. The number of benzene rings is 1. The van der Waals surface area contributed by atoms with E-state index in [0.717, 1.165) is 15.7 Å². The minimum Gasteiger partial charge on any atom is -0.444 e. The molecule has 0 unspecified atom stereocenters. The number of rotatable bonds is 2. The SMILES string of the molecule is Cc1cc(Br)cc(NC(=O)C2CCN(C(=O)OC(C)(C)C)CC2)c1. The topological polar surface area (TPSA) is 58.6 Å². The Morgan fingerprint density at radius 1 is 1.21 bits per heavy atom. The van der Waals surface area contributed by atoms with Crippen LogP contribution in [0.15, 0.2) is 22.7 Å². The van der Waals surface area contributed by atoms with E-state index in [2.05, 4.69) is 21.2 Å². The van der Waals surface area contributed by atoms with Crippen LogP contribution in [0, 0.1) is 12.8 Å². The predicted molar refractivity (Wildman–Crippen MR) is 98.0 cm³/mol. The molecule has 0 atom stereocenters. The Morgan fingerprint density at radius 3 is 2.38 bits per heavy atom. The van der Waals surface area contributed by atoms with Crippen LogP contribution in [0.3, 0.4) is 0 Å². The molecule has 24 heavy (non-hydrogen) atoms. The molecule has 1 aromatic rings. The van der Waals surface area contributed by atoms with Crippen LogP contribution in [0.4, 0.5) is 10.5 Å². The first kappa shape index (κ1) is 18.8. The highest BCUT2D eigenvalue weighted by molar-refractivity contribution is 9.10. The molecule has 1 fully saturated rings. The molecular weight excluding hydrogens is 372 g/mol. The molecule has 1 heterocycles.